The number of carbonyl (C=O) groups excluding carboxylic acids is 2. The van der Waals surface area contributed by atoms with E-state index in [1.54, 1.807) is 11.0 Å². The summed E-state index contributed by atoms with van der Waals surface area (Å²) in [4.78, 5) is 27.1. The fourth-order valence-corrected chi connectivity index (χ4v) is 2.84. The molecule has 0 aromatic heterocycles. The lowest BCUT2D eigenvalue weighted by molar-refractivity contribution is -0.127. The minimum atomic E-state index is -0.604. The molecule has 0 saturated carbocycles. The molecule has 150 valence electrons. The first-order chi connectivity index (χ1) is 12.4. The van der Waals surface area contributed by atoms with Gasteiger partial charge in [-0.15, -0.1) is 0 Å². The second-order valence-corrected chi connectivity index (χ2v) is 9.32. The minimum Gasteiger partial charge on any atom is -0.490 e. The summed E-state index contributed by atoms with van der Waals surface area (Å²) < 4.78 is 5.92. The van der Waals surface area contributed by atoms with Crippen molar-refractivity contribution in [1.29, 1.82) is 0 Å². The van der Waals surface area contributed by atoms with E-state index in [4.69, 9.17) is 4.74 Å². The average molecular weight is 376 g/mol. The predicted molar refractivity (Wildman–Crippen MR) is 109 cm³/mol. The van der Waals surface area contributed by atoms with Gasteiger partial charge >= 0.3 is 6.03 Å². The SMILES string of the molecule is CC(C)CCN1C(=O)C(C)(C)COc2ccc(NC(=O)NC(C)(C)C)cc21. The third kappa shape index (κ3) is 5.62. The van der Waals surface area contributed by atoms with Gasteiger partial charge in [0.2, 0.25) is 5.91 Å². The molecule has 0 aliphatic carbocycles. The number of rotatable bonds is 4. The zero-order valence-corrected chi connectivity index (χ0v) is 17.6. The summed E-state index contributed by atoms with van der Waals surface area (Å²) >= 11 is 0. The van der Waals surface area contributed by atoms with Crippen molar-refractivity contribution in [3.8, 4) is 5.75 Å². The predicted octanol–water partition coefficient (Wildman–Crippen LogP) is 4.40. The molecule has 1 aromatic carbocycles. The highest BCUT2D eigenvalue weighted by Gasteiger charge is 2.37. The van der Waals surface area contributed by atoms with Crippen LogP contribution in [0.1, 0.15) is 54.9 Å². The minimum absolute atomic E-state index is 0.0400. The van der Waals surface area contributed by atoms with E-state index in [0.29, 0.717) is 36.2 Å². The van der Waals surface area contributed by atoms with Crippen LogP contribution in [0.5, 0.6) is 5.75 Å². The number of nitrogens with one attached hydrogen (secondary N) is 2. The summed E-state index contributed by atoms with van der Waals surface area (Å²) in [5, 5.41) is 5.72. The lowest BCUT2D eigenvalue weighted by atomic mass is 9.92. The van der Waals surface area contributed by atoms with Crippen molar-refractivity contribution in [3.63, 3.8) is 0 Å². The van der Waals surface area contributed by atoms with Crippen molar-refractivity contribution in [1.82, 2.24) is 5.32 Å². The second-order valence-electron chi connectivity index (χ2n) is 9.32. The first-order valence-electron chi connectivity index (χ1n) is 9.57. The Morgan fingerprint density at radius 1 is 1.30 bits per heavy atom. The molecular weight excluding hydrogens is 342 g/mol. The lowest BCUT2D eigenvalue weighted by Crippen LogP contribution is -2.43. The molecule has 1 aliphatic rings. The average Bonchev–Trinajstić information content (AvgIpc) is 2.60. The number of carbonyl (C=O) groups is 2. The molecule has 0 spiro atoms. The molecule has 0 saturated heterocycles. The van der Waals surface area contributed by atoms with Crippen LogP contribution in [-0.4, -0.2) is 30.6 Å². The van der Waals surface area contributed by atoms with Crippen molar-refractivity contribution in [2.45, 2.75) is 60.4 Å². The van der Waals surface area contributed by atoms with Crippen molar-refractivity contribution < 1.29 is 14.3 Å². The van der Waals surface area contributed by atoms with Gasteiger partial charge in [-0.2, -0.15) is 0 Å². The Balaban J connectivity index is 2.33. The lowest BCUT2D eigenvalue weighted by Gasteiger charge is -2.29. The van der Waals surface area contributed by atoms with Crippen LogP contribution in [0.25, 0.3) is 0 Å². The molecule has 2 N–H and O–H groups in total. The van der Waals surface area contributed by atoms with Gasteiger partial charge in [0.1, 0.15) is 12.4 Å². The largest absolute Gasteiger partial charge is 0.490 e. The van der Waals surface area contributed by atoms with Gasteiger partial charge in [-0.3, -0.25) is 4.79 Å². The summed E-state index contributed by atoms with van der Waals surface area (Å²) in [5.41, 5.74) is 0.399. The third-order valence-corrected chi connectivity index (χ3v) is 4.34. The number of ether oxygens (including phenoxy) is 1. The van der Waals surface area contributed by atoms with E-state index in [1.165, 1.54) is 0 Å². The molecule has 1 aromatic rings. The van der Waals surface area contributed by atoms with Crippen LogP contribution in [0.4, 0.5) is 16.2 Å². The van der Waals surface area contributed by atoms with Gasteiger partial charge in [0.15, 0.2) is 0 Å². The number of amides is 3. The molecule has 0 bridgehead atoms. The van der Waals surface area contributed by atoms with Crippen LogP contribution in [0, 0.1) is 11.3 Å². The number of hydrogen-bond acceptors (Lipinski definition) is 3. The van der Waals surface area contributed by atoms with Crippen LogP contribution in [0.2, 0.25) is 0 Å². The van der Waals surface area contributed by atoms with E-state index in [0.717, 1.165) is 6.42 Å². The Morgan fingerprint density at radius 2 is 1.96 bits per heavy atom. The van der Waals surface area contributed by atoms with Gasteiger partial charge in [-0.25, -0.2) is 4.79 Å². The Bertz CT molecular complexity index is 705. The maximum absolute atomic E-state index is 13.1. The van der Waals surface area contributed by atoms with Gasteiger partial charge in [-0.1, -0.05) is 13.8 Å². The third-order valence-electron chi connectivity index (χ3n) is 4.34. The number of hydrogen-bond donors (Lipinski definition) is 2. The molecule has 6 heteroatoms. The standard InChI is InChI=1S/C21H33N3O3/c1-14(2)10-11-24-16-12-15(22-19(26)23-20(3,4)5)8-9-17(16)27-13-21(6,7)18(24)25/h8-9,12,14H,10-11,13H2,1-7H3,(H2,22,23,26). The Labute approximate surface area is 162 Å². The summed E-state index contributed by atoms with van der Waals surface area (Å²) in [5.74, 6) is 1.19. The van der Waals surface area contributed by atoms with Gasteiger partial charge in [0, 0.05) is 17.8 Å². The van der Waals surface area contributed by atoms with Crippen molar-refractivity contribution in [2.75, 3.05) is 23.4 Å². The molecule has 1 heterocycles. The van der Waals surface area contributed by atoms with Crippen molar-refractivity contribution in [3.05, 3.63) is 18.2 Å². The summed E-state index contributed by atoms with van der Waals surface area (Å²) in [7, 11) is 0. The molecule has 1 aliphatic heterocycles. The first-order valence-corrected chi connectivity index (χ1v) is 9.57. The highest BCUT2D eigenvalue weighted by Crippen LogP contribution is 2.38. The van der Waals surface area contributed by atoms with E-state index in [-0.39, 0.29) is 17.5 Å². The normalized spacial score (nSPS) is 16.4. The van der Waals surface area contributed by atoms with Gasteiger partial charge in [0.25, 0.3) is 0 Å². The van der Waals surface area contributed by atoms with Gasteiger partial charge in [0.05, 0.1) is 11.1 Å². The molecule has 0 radical (unpaired) electrons. The molecule has 0 unspecified atom stereocenters. The monoisotopic (exact) mass is 375 g/mol. The summed E-state index contributed by atoms with van der Waals surface area (Å²) in [6.45, 7) is 14.8. The number of fused-ring (bicyclic) bond motifs is 1. The van der Waals surface area contributed by atoms with Gasteiger partial charge in [-0.05, 0) is 65.2 Å². The second kappa shape index (κ2) is 7.79. The number of nitrogens with zero attached hydrogens (tertiary/aromatic N) is 1. The Morgan fingerprint density at radius 3 is 2.56 bits per heavy atom. The van der Waals surface area contributed by atoms with E-state index >= 15 is 0 Å². The molecule has 6 nitrogen and oxygen atoms in total. The van der Waals surface area contributed by atoms with Crippen LogP contribution in [0.3, 0.4) is 0 Å². The number of urea groups is 1. The Kier molecular flexibility index (Phi) is 6.07. The molecule has 3 amide bonds. The molecule has 0 atom stereocenters. The van der Waals surface area contributed by atoms with Crippen LogP contribution in [-0.2, 0) is 4.79 Å². The van der Waals surface area contributed by atoms with E-state index in [2.05, 4.69) is 24.5 Å². The fraction of sp³-hybridized carbons (Fsp3) is 0.619. The topological polar surface area (TPSA) is 70.7 Å². The van der Waals surface area contributed by atoms with Crippen LogP contribution in [0.15, 0.2) is 18.2 Å². The van der Waals surface area contributed by atoms with E-state index in [1.807, 2.05) is 46.8 Å². The van der Waals surface area contributed by atoms with Crippen molar-refractivity contribution >= 4 is 23.3 Å². The fourth-order valence-electron chi connectivity index (χ4n) is 2.84. The number of anilines is 2. The molecular formula is C21H33N3O3. The van der Waals surface area contributed by atoms with Crippen molar-refractivity contribution in [2.24, 2.45) is 11.3 Å². The van der Waals surface area contributed by atoms with Gasteiger partial charge < -0.3 is 20.3 Å². The summed E-state index contributed by atoms with van der Waals surface area (Å²) in [6.07, 6.45) is 0.892. The zero-order valence-electron chi connectivity index (χ0n) is 17.6. The zero-order chi connectivity index (χ0) is 20.4. The first kappa shape index (κ1) is 21.1. The summed E-state index contributed by atoms with van der Waals surface area (Å²) in [6, 6.07) is 5.15. The Hall–Kier alpha value is -2.24. The highest BCUT2D eigenvalue weighted by molar-refractivity contribution is 6.00. The maximum Gasteiger partial charge on any atom is 0.319 e. The smallest absolute Gasteiger partial charge is 0.319 e. The van der Waals surface area contributed by atoms with E-state index < -0.39 is 5.41 Å². The number of benzene rings is 1. The molecule has 0 fully saturated rings. The van der Waals surface area contributed by atoms with Crippen LogP contribution >= 0.6 is 0 Å². The molecule has 27 heavy (non-hydrogen) atoms. The van der Waals surface area contributed by atoms with Crippen LogP contribution < -0.4 is 20.3 Å². The molecule has 2 rings (SSSR count). The highest BCUT2D eigenvalue weighted by atomic mass is 16.5. The maximum atomic E-state index is 13.1. The quantitative estimate of drug-likeness (QED) is 0.819. The van der Waals surface area contributed by atoms with E-state index in [9.17, 15) is 9.59 Å².